The lowest BCUT2D eigenvalue weighted by Gasteiger charge is -2.11. The van der Waals surface area contributed by atoms with Gasteiger partial charge in [0.2, 0.25) is 0 Å². The van der Waals surface area contributed by atoms with E-state index in [1.165, 1.54) is 0 Å². The smallest absolute Gasteiger partial charge is 0.126 e. The predicted molar refractivity (Wildman–Crippen MR) is 56.9 cm³/mol. The van der Waals surface area contributed by atoms with E-state index in [1.54, 1.807) is 14.2 Å². The maximum Gasteiger partial charge on any atom is 0.126 e. The van der Waals surface area contributed by atoms with Crippen molar-refractivity contribution in [1.29, 1.82) is 0 Å². The molecule has 0 aliphatic carbocycles. The van der Waals surface area contributed by atoms with Gasteiger partial charge in [-0.15, -0.1) is 0 Å². The number of rotatable bonds is 3. The average Bonchev–Trinajstić information content (AvgIpc) is 2.16. The molecule has 1 aromatic rings. The van der Waals surface area contributed by atoms with Crippen molar-refractivity contribution in [3.63, 3.8) is 0 Å². The van der Waals surface area contributed by atoms with E-state index in [0.717, 1.165) is 28.0 Å². The number of benzene rings is 1. The second-order valence-electron chi connectivity index (χ2n) is 2.78. The number of alkyl halides is 1. The molecule has 0 amide bonds. The zero-order valence-corrected chi connectivity index (χ0v) is 9.64. The van der Waals surface area contributed by atoms with Gasteiger partial charge in [0.15, 0.2) is 0 Å². The number of ether oxygens (including phenoxy) is 2. The quantitative estimate of drug-likeness (QED) is 0.762. The summed E-state index contributed by atoms with van der Waals surface area (Å²) < 4.78 is 10.5. The Morgan fingerprint density at radius 1 is 1.15 bits per heavy atom. The van der Waals surface area contributed by atoms with Crippen LogP contribution < -0.4 is 9.47 Å². The molecule has 0 unspecified atom stereocenters. The maximum absolute atomic E-state index is 5.25. The molecule has 0 saturated heterocycles. The molecule has 1 aromatic carbocycles. The number of hydrogen-bond donors (Lipinski definition) is 0. The van der Waals surface area contributed by atoms with Crippen LogP contribution in [0, 0.1) is 6.92 Å². The Kier molecular flexibility index (Phi) is 3.60. The average molecular weight is 245 g/mol. The minimum absolute atomic E-state index is 0.736. The van der Waals surface area contributed by atoms with E-state index in [-0.39, 0.29) is 0 Å². The van der Waals surface area contributed by atoms with Gasteiger partial charge in [0.1, 0.15) is 11.5 Å². The van der Waals surface area contributed by atoms with Gasteiger partial charge in [-0.3, -0.25) is 0 Å². The second kappa shape index (κ2) is 4.51. The summed E-state index contributed by atoms with van der Waals surface area (Å²) in [7, 11) is 3.33. The molecule has 0 aliphatic heterocycles. The number of hydrogen-bond acceptors (Lipinski definition) is 2. The van der Waals surface area contributed by atoms with Gasteiger partial charge in [-0.1, -0.05) is 15.9 Å². The van der Waals surface area contributed by atoms with Gasteiger partial charge in [0, 0.05) is 10.9 Å². The summed E-state index contributed by atoms with van der Waals surface area (Å²) in [5, 5.41) is 0.736. The fourth-order valence-corrected chi connectivity index (χ4v) is 1.80. The van der Waals surface area contributed by atoms with Crippen molar-refractivity contribution in [1.82, 2.24) is 0 Å². The van der Waals surface area contributed by atoms with E-state index < -0.39 is 0 Å². The summed E-state index contributed by atoms with van der Waals surface area (Å²) in [6, 6.07) is 4.00. The van der Waals surface area contributed by atoms with E-state index in [4.69, 9.17) is 9.47 Å². The van der Waals surface area contributed by atoms with E-state index in [9.17, 15) is 0 Å². The van der Waals surface area contributed by atoms with Crippen molar-refractivity contribution in [2.75, 3.05) is 14.2 Å². The van der Waals surface area contributed by atoms with E-state index >= 15 is 0 Å². The first-order valence-corrected chi connectivity index (χ1v) is 5.12. The number of aryl methyl sites for hydroxylation is 1. The Morgan fingerprint density at radius 2 is 1.62 bits per heavy atom. The van der Waals surface area contributed by atoms with Gasteiger partial charge in [-0.25, -0.2) is 0 Å². The van der Waals surface area contributed by atoms with Crippen LogP contribution in [0.15, 0.2) is 12.1 Å². The van der Waals surface area contributed by atoms with Gasteiger partial charge in [0.25, 0.3) is 0 Å². The highest BCUT2D eigenvalue weighted by molar-refractivity contribution is 9.08. The Labute approximate surface area is 87.0 Å². The van der Waals surface area contributed by atoms with Gasteiger partial charge in [0.05, 0.1) is 14.2 Å². The van der Waals surface area contributed by atoms with Crippen molar-refractivity contribution < 1.29 is 9.47 Å². The van der Waals surface area contributed by atoms with Gasteiger partial charge < -0.3 is 9.47 Å². The molecule has 0 atom stereocenters. The summed E-state index contributed by atoms with van der Waals surface area (Å²) in [6.07, 6.45) is 0. The van der Waals surface area contributed by atoms with Crippen molar-refractivity contribution in [2.45, 2.75) is 12.3 Å². The van der Waals surface area contributed by atoms with Crippen LogP contribution in [0.3, 0.4) is 0 Å². The third-order valence-corrected chi connectivity index (χ3v) is 2.45. The molecule has 13 heavy (non-hydrogen) atoms. The van der Waals surface area contributed by atoms with Crippen LogP contribution in [-0.2, 0) is 5.33 Å². The fourth-order valence-electron chi connectivity index (χ4n) is 1.25. The highest BCUT2D eigenvalue weighted by Gasteiger charge is 2.09. The summed E-state index contributed by atoms with van der Waals surface area (Å²) in [5.41, 5.74) is 2.19. The van der Waals surface area contributed by atoms with Gasteiger partial charge in [-0.2, -0.15) is 0 Å². The fraction of sp³-hybridized carbons (Fsp3) is 0.400. The zero-order chi connectivity index (χ0) is 9.84. The van der Waals surface area contributed by atoms with Crippen LogP contribution in [0.2, 0.25) is 0 Å². The van der Waals surface area contributed by atoms with Crippen LogP contribution in [0.25, 0.3) is 0 Å². The lowest BCUT2D eigenvalue weighted by atomic mass is 10.1. The Morgan fingerprint density at radius 3 is 1.92 bits per heavy atom. The molecule has 0 bridgehead atoms. The Balaban J connectivity index is 3.25. The summed E-state index contributed by atoms with van der Waals surface area (Å²) in [6.45, 7) is 2.02. The van der Waals surface area contributed by atoms with Crippen LogP contribution in [0.1, 0.15) is 11.1 Å². The van der Waals surface area contributed by atoms with E-state index in [1.807, 2.05) is 19.1 Å². The lowest BCUT2D eigenvalue weighted by molar-refractivity contribution is 0.388. The minimum atomic E-state index is 0.736. The zero-order valence-electron chi connectivity index (χ0n) is 8.06. The Bertz CT molecular complexity index is 272. The lowest BCUT2D eigenvalue weighted by Crippen LogP contribution is -1.95. The molecule has 72 valence electrons. The maximum atomic E-state index is 5.25. The van der Waals surface area contributed by atoms with Crippen molar-refractivity contribution in [3.8, 4) is 11.5 Å². The molecule has 1 rings (SSSR count). The molecule has 0 saturated carbocycles. The first-order chi connectivity index (χ1) is 6.22. The van der Waals surface area contributed by atoms with Crippen molar-refractivity contribution >= 4 is 15.9 Å². The van der Waals surface area contributed by atoms with Crippen LogP contribution in [-0.4, -0.2) is 14.2 Å². The molecular weight excluding hydrogens is 232 g/mol. The molecule has 0 N–H and O–H groups in total. The largest absolute Gasteiger partial charge is 0.496 e. The predicted octanol–water partition coefficient (Wildman–Crippen LogP) is 2.91. The van der Waals surface area contributed by atoms with E-state index in [2.05, 4.69) is 15.9 Å². The summed E-state index contributed by atoms with van der Waals surface area (Å²) in [4.78, 5) is 0. The third kappa shape index (κ3) is 2.15. The van der Waals surface area contributed by atoms with Gasteiger partial charge >= 0.3 is 0 Å². The minimum Gasteiger partial charge on any atom is -0.496 e. The second-order valence-corrected chi connectivity index (χ2v) is 3.34. The highest BCUT2D eigenvalue weighted by Crippen LogP contribution is 2.31. The SMILES string of the molecule is COc1cc(C)cc(OC)c1CBr. The number of halogens is 1. The molecule has 3 heteroatoms. The topological polar surface area (TPSA) is 18.5 Å². The monoisotopic (exact) mass is 244 g/mol. The molecule has 0 aromatic heterocycles. The van der Waals surface area contributed by atoms with Crippen LogP contribution in [0.4, 0.5) is 0 Å². The molecule has 0 radical (unpaired) electrons. The molecule has 0 aliphatic rings. The first-order valence-electron chi connectivity index (χ1n) is 4.00. The molecule has 2 nitrogen and oxygen atoms in total. The highest BCUT2D eigenvalue weighted by atomic mass is 79.9. The molecule has 0 spiro atoms. The first kappa shape index (κ1) is 10.4. The van der Waals surface area contributed by atoms with E-state index in [0.29, 0.717) is 0 Å². The summed E-state index contributed by atoms with van der Waals surface area (Å²) >= 11 is 3.41. The summed E-state index contributed by atoms with van der Waals surface area (Å²) in [5.74, 6) is 1.74. The standard InChI is InChI=1S/C10H13BrO2/c1-7-4-9(12-2)8(6-11)10(5-7)13-3/h4-5H,6H2,1-3H3. The van der Waals surface area contributed by atoms with Crippen LogP contribution >= 0.6 is 15.9 Å². The third-order valence-electron chi connectivity index (χ3n) is 1.89. The molecule has 0 fully saturated rings. The normalized spacial score (nSPS) is 9.85. The van der Waals surface area contributed by atoms with Crippen LogP contribution in [0.5, 0.6) is 11.5 Å². The Hall–Kier alpha value is -0.700. The van der Waals surface area contributed by atoms with Crippen molar-refractivity contribution in [3.05, 3.63) is 23.3 Å². The number of methoxy groups -OCH3 is 2. The van der Waals surface area contributed by atoms with Crippen molar-refractivity contribution in [2.24, 2.45) is 0 Å². The molecular formula is C10H13BrO2. The van der Waals surface area contributed by atoms with Gasteiger partial charge in [-0.05, 0) is 24.6 Å². The molecule has 0 heterocycles.